The van der Waals surface area contributed by atoms with Crippen molar-refractivity contribution in [1.29, 1.82) is 5.26 Å². The largest absolute Gasteiger partial charge is 0.416 e. The number of nitrogens with zero attached hydrogens (tertiary/aromatic N) is 1. The molecule has 0 aliphatic rings. The molecule has 3 rings (SSSR count). The van der Waals surface area contributed by atoms with Crippen molar-refractivity contribution in [3.63, 3.8) is 0 Å². The van der Waals surface area contributed by atoms with Crippen LogP contribution in [0.15, 0.2) is 78.4 Å². The lowest BCUT2D eigenvalue weighted by atomic mass is 10.0. The predicted molar refractivity (Wildman–Crippen MR) is 109 cm³/mol. The van der Waals surface area contributed by atoms with E-state index in [0.29, 0.717) is 12.0 Å². The summed E-state index contributed by atoms with van der Waals surface area (Å²) in [5.74, 6) is -1.13. The lowest BCUT2D eigenvalue weighted by Gasteiger charge is -2.09. The number of benzene rings is 3. The third kappa shape index (κ3) is 6.03. The number of carbonyl (C=O) groups is 1. The average Bonchev–Trinajstić information content (AvgIpc) is 2.73. The molecule has 3 aromatic carbocycles. The fourth-order valence-corrected chi connectivity index (χ4v) is 2.90. The molecule has 0 aliphatic heterocycles. The molecule has 1 N–H and O–H groups in total. The molecule has 0 atom stereocenters. The molecule has 0 saturated carbocycles. The third-order valence-electron chi connectivity index (χ3n) is 4.40. The number of nitriles is 1. The summed E-state index contributed by atoms with van der Waals surface area (Å²) in [7, 11) is 0. The number of rotatable bonds is 5. The number of halogens is 4. The van der Waals surface area contributed by atoms with Crippen molar-refractivity contribution in [2.75, 3.05) is 5.32 Å². The van der Waals surface area contributed by atoms with Gasteiger partial charge in [-0.15, -0.1) is 0 Å². The first-order chi connectivity index (χ1) is 14.7. The Hall–Kier alpha value is -3.92. The van der Waals surface area contributed by atoms with Crippen LogP contribution >= 0.6 is 0 Å². The molecule has 3 nitrogen and oxygen atoms in total. The van der Waals surface area contributed by atoms with E-state index in [0.717, 1.165) is 23.3 Å². The quantitative estimate of drug-likeness (QED) is 0.311. The summed E-state index contributed by atoms with van der Waals surface area (Å²) >= 11 is 0. The highest BCUT2D eigenvalue weighted by Crippen LogP contribution is 2.30. The van der Waals surface area contributed by atoms with Crippen molar-refractivity contribution in [3.8, 4) is 6.07 Å². The van der Waals surface area contributed by atoms with Gasteiger partial charge in [0.15, 0.2) is 0 Å². The molecule has 1 amide bonds. The molecule has 31 heavy (non-hydrogen) atoms. The van der Waals surface area contributed by atoms with E-state index >= 15 is 0 Å². The van der Waals surface area contributed by atoms with E-state index in [1.807, 2.05) is 6.07 Å². The van der Waals surface area contributed by atoms with Gasteiger partial charge in [0, 0.05) is 5.69 Å². The molecule has 156 valence electrons. The summed E-state index contributed by atoms with van der Waals surface area (Å²) in [6.45, 7) is 0. The van der Waals surface area contributed by atoms with Gasteiger partial charge in [-0.05, 0) is 59.5 Å². The maximum atomic E-state index is 13.3. The highest BCUT2D eigenvalue weighted by molar-refractivity contribution is 6.09. The Morgan fingerprint density at radius 3 is 2.32 bits per heavy atom. The molecule has 0 bridgehead atoms. The predicted octanol–water partition coefficient (Wildman–Crippen LogP) is 5.98. The second kappa shape index (κ2) is 9.26. The van der Waals surface area contributed by atoms with Crippen LogP contribution in [0.1, 0.15) is 22.3 Å². The van der Waals surface area contributed by atoms with Crippen molar-refractivity contribution in [1.82, 2.24) is 0 Å². The molecular formula is C24H16F4N2O. The fourth-order valence-electron chi connectivity index (χ4n) is 2.90. The number of hydrogen-bond acceptors (Lipinski definition) is 2. The van der Waals surface area contributed by atoms with Crippen LogP contribution in [0, 0.1) is 17.1 Å². The standard InChI is InChI=1S/C24H16F4N2O/c25-21-5-1-3-18(13-21)11-16-7-9-17(10-8-16)12-19(15-29)23(31)30-22-6-2-4-20(14-22)24(26,27)28/h1-10,12-14H,11H2,(H,30,31)/b19-12+. The Morgan fingerprint density at radius 2 is 1.68 bits per heavy atom. The minimum Gasteiger partial charge on any atom is -0.321 e. The Labute approximate surface area is 176 Å². The zero-order valence-electron chi connectivity index (χ0n) is 16.1. The Bertz CT molecular complexity index is 1160. The van der Waals surface area contributed by atoms with E-state index in [4.69, 9.17) is 0 Å². The second-order valence-corrected chi connectivity index (χ2v) is 6.75. The summed E-state index contributed by atoms with van der Waals surface area (Å²) in [4.78, 5) is 12.3. The molecule has 0 saturated heterocycles. The van der Waals surface area contributed by atoms with Crippen molar-refractivity contribution >= 4 is 17.7 Å². The van der Waals surface area contributed by atoms with Crippen LogP contribution in [0.25, 0.3) is 6.08 Å². The highest BCUT2D eigenvalue weighted by Gasteiger charge is 2.30. The summed E-state index contributed by atoms with van der Waals surface area (Å²) in [5.41, 5.74) is 1.07. The number of alkyl halides is 3. The fraction of sp³-hybridized carbons (Fsp3) is 0.0833. The Balaban J connectivity index is 1.72. The molecule has 0 spiro atoms. The molecule has 0 aliphatic carbocycles. The SMILES string of the molecule is N#C/C(=C\c1ccc(Cc2cccc(F)c2)cc1)C(=O)Nc1cccc(C(F)(F)F)c1. The molecule has 0 heterocycles. The number of amides is 1. The second-order valence-electron chi connectivity index (χ2n) is 6.75. The zero-order valence-corrected chi connectivity index (χ0v) is 16.1. The van der Waals surface area contributed by atoms with E-state index in [1.54, 1.807) is 36.4 Å². The maximum Gasteiger partial charge on any atom is 0.416 e. The van der Waals surface area contributed by atoms with Crippen LogP contribution in [-0.4, -0.2) is 5.91 Å². The topological polar surface area (TPSA) is 52.9 Å². The van der Waals surface area contributed by atoms with Crippen molar-refractivity contribution in [2.24, 2.45) is 0 Å². The summed E-state index contributed by atoms with van der Waals surface area (Å²) in [6.07, 6.45) is -2.68. The first-order valence-corrected chi connectivity index (χ1v) is 9.18. The van der Waals surface area contributed by atoms with Gasteiger partial charge >= 0.3 is 6.18 Å². The highest BCUT2D eigenvalue weighted by atomic mass is 19.4. The van der Waals surface area contributed by atoms with E-state index in [-0.39, 0.29) is 17.1 Å². The summed E-state index contributed by atoms with van der Waals surface area (Å²) in [5, 5.41) is 11.6. The minimum absolute atomic E-state index is 0.0635. The van der Waals surface area contributed by atoms with E-state index in [9.17, 15) is 27.6 Å². The molecular weight excluding hydrogens is 408 g/mol. The van der Waals surface area contributed by atoms with Crippen LogP contribution in [0.4, 0.5) is 23.2 Å². The number of carbonyl (C=O) groups excluding carboxylic acids is 1. The molecule has 3 aromatic rings. The van der Waals surface area contributed by atoms with E-state index < -0.39 is 17.6 Å². The van der Waals surface area contributed by atoms with Gasteiger partial charge in [-0.25, -0.2) is 4.39 Å². The van der Waals surface area contributed by atoms with E-state index in [2.05, 4.69) is 5.32 Å². The first-order valence-electron chi connectivity index (χ1n) is 9.18. The van der Waals surface area contributed by atoms with Crippen LogP contribution < -0.4 is 5.32 Å². The molecule has 0 fully saturated rings. The van der Waals surface area contributed by atoms with Gasteiger partial charge in [0.25, 0.3) is 5.91 Å². The van der Waals surface area contributed by atoms with Crippen molar-refractivity contribution in [3.05, 3.63) is 106 Å². The van der Waals surface area contributed by atoms with Gasteiger partial charge in [-0.2, -0.15) is 18.4 Å². The smallest absolute Gasteiger partial charge is 0.321 e. The summed E-state index contributed by atoms with van der Waals surface area (Å²) in [6, 6.07) is 19.2. The van der Waals surface area contributed by atoms with E-state index in [1.165, 1.54) is 30.3 Å². The van der Waals surface area contributed by atoms with Crippen molar-refractivity contribution in [2.45, 2.75) is 12.6 Å². The van der Waals surface area contributed by atoms with Gasteiger partial charge < -0.3 is 5.32 Å². The van der Waals surface area contributed by atoms with Gasteiger partial charge in [0.1, 0.15) is 17.5 Å². The first kappa shape index (κ1) is 21.8. The molecule has 0 unspecified atom stereocenters. The number of anilines is 1. The maximum absolute atomic E-state index is 13.3. The molecule has 0 aromatic heterocycles. The minimum atomic E-state index is -4.54. The lowest BCUT2D eigenvalue weighted by Crippen LogP contribution is -2.14. The monoisotopic (exact) mass is 424 g/mol. The van der Waals surface area contributed by atoms with Crippen LogP contribution in [0.3, 0.4) is 0 Å². The van der Waals surface area contributed by atoms with Crippen LogP contribution in [-0.2, 0) is 17.4 Å². The molecule has 0 radical (unpaired) electrons. The number of hydrogen-bond donors (Lipinski definition) is 1. The van der Waals surface area contributed by atoms with Crippen LogP contribution in [0.2, 0.25) is 0 Å². The molecule has 7 heteroatoms. The van der Waals surface area contributed by atoms with Gasteiger partial charge in [0.05, 0.1) is 5.56 Å². The number of nitrogens with one attached hydrogen (secondary N) is 1. The third-order valence-corrected chi connectivity index (χ3v) is 4.40. The summed E-state index contributed by atoms with van der Waals surface area (Å²) < 4.78 is 51.7. The average molecular weight is 424 g/mol. The van der Waals surface area contributed by atoms with Gasteiger partial charge in [-0.1, -0.05) is 42.5 Å². The Kier molecular flexibility index (Phi) is 6.51. The normalized spacial score (nSPS) is 11.6. The Morgan fingerprint density at radius 1 is 0.968 bits per heavy atom. The van der Waals surface area contributed by atoms with Crippen LogP contribution in [0.5, 0.6) is 0 Å². The lowest BCUT2D eigenvalue weighted by molar-refractivity contribution is -0.137. The van der Waals surface area contributed by atoms with Gasteiger partial charge in [-0.3, -0.25) is 4.79 Å². The zero-order chi connectivity index (χ0) is 22.4. The van der Waals surface area contributed by atoms with Gasteiger partial charge in [0.2, 0.25) is 0 Å². The van der Waals surface area contributed by atoms with Crippen molar-refractivity contribution < 1.29 is 22.4 Å².